The highest BCUT2D eigenvalue weighted by Crippen LogP contribution is 2.41. The van der Waals surface area contributed by atoms with Crippen molar-refractivity contribution in [1.82, 2.24) is 9.97 Å². The van der Waals surface area contributed by atoms with Crippen LogP contribution < -0.4 is 18.9 Å². The molecule has 326 valence electrons. The molecule has 0 aliphatic heterocycles. The summed E-state index contributed by atoms with van der Waals surface area (Å²) in [6.45, 7) is 5.07. The van der Waals surface area contributed by atoms with Gasteiger partial charge in [-0.05, 0) is 92.6 Å². The Morgan fingerprint density at radius 3 is 1.77 bits per heavy atom. The van der Waals surface area contributed by atoms with Crippen molar-refractivity contribution in [3.05, 3.63) is 151 Å². The predicted molar refractivity (Wildman–Crippen MR) is 231 cm³/mol. The predicted octanol–water partition coefficient (Wildman–Crippen LogP) is 12.4. The zero-order valence-corrected chi connectivity index (χ0v) is 37.4. The molecule has 2 aromatic heterocycles. The van der Waals surface area contributed by atoms with Crippen molar-refractivity contribution >= 4 is 95.4 Å². The molecule has 0 bridgehead atoms. The van der Waals surface area contributed by atoms with Crippen LogP contribution in [0.25, 0.3) is 0 Å². The van der Waals surface area contributed by atoms with Crippen molar-refractivity contribution in [1.29, 1.82) is 0 Å². The van der Waals surface area contributed by atoms with Crippen LogP contribution in [0.5, 0.6) is 23.0 Å². The van der Waals surface area contributed by atoms with Gasteiger partial charge in [0.05, 0.1) is 39.1 Å². The molecule has 0 aliphatic rings. The van der Waals surface area contributed by atoms with Crippen LogP contribution in [0.1, 0.15) is 34.0 Å². The van der Waals surface area contributed by atoms with Crippen LogP contribution in [-0.2, 0) is 31.0 Å². The van der Waals surface area contributed by atoms with E-state index in [0.717, 1.165) is 17.7 Å². The summed E-state index contributed by atoms with van der Waals surface area (Å²) in [6, 6.07) is 16.8. The third kappa shape index (κ3) is 12.6. The molecular weight excluding hydrogens is 963 g/mol. The molecule has 2 N–H and O–H groups in total. The van der Waals surface area contributed by atoms with Gasteiger partial charge in [-0.2, -0.15) is 13.2 Å². The number of hydrogen-bond donors (Lipinski definition) is 2. The number of aromatic nitrogens is 2. The smallest absolute Gasteiger partial charge is 0.420 e. The highest BCUT2D eigenvalue weighted by atomic mass is 35.5. The fourth-order valence-electron chi connectivity index (χ4n) is 5.37. The SMILES string of the molecule is CCOC(=O)c1cc(NS(=O)(=O)c2c(C)cc(Cl)cc2Cl)ccc1Oc1cncc(Cl)c1.Cc1ccc(S(=O)(=O)Nc2ccc(Oc3cncc(Cl)c3)c(C(F)(F)F)c2)c(Cl)c1. The van der Waals surface area contributed by atoms with Crippen molar-refractivity contribution in [2.24, 2.45) is 0 Å². The lowest BCUT2D eigenvalue weighted by Gasteiger charge is -2.16. The molecule has 4 aromatic carbocycles. The van der Waals surface area contributed by atoms with E-state index >= 15 is 0 Å². The normalized spacial score (nSPS) is 11.5. The number of carbonyl (C=O) groups excluding carboxylic acids is 1. The highest BCUT2D eigenvalue weighted by Gasteiger charge is 2.35. The van der Waals surface area contributed by atoms with Crippen LogP contribution in [0.15, 0.2) is 113 Å². The summed E-state index contributed by atoms with van der Waals surface area (Å²) in [5, 5.41) is 0.765. The zero-order valence-electron chi connectivity index (χ0n) is 32.0. The number of halogens is 8. The van der Waals surface area contributed by atoms with Gasteiger partial charge in [0.1, 0.15) is 43.9 Å². The minimum Gasteiger partial charge on any atom is -0.462 e. The summed E-state index contributed by atoms with van der Waals surface area (Å²) in [6.07, 6.45) is 0.532. The van der Waals surface area contributed by atoms with Gasteiger partial charge in [0.2, 0.25) is 0 Å². The van der Waals surface area contributed by atoms with Crippen molar-refractivity contribution in [3.8, 4) is 23.0 Å². The minimum atomic E-state index is -4.82. The van der Waals surface area contributed by atoms with Crippen LogP contribution in [0.4, 0.5) is 24.5 Å². The Labute approximate surface area is 378 Å². The van der Waals surface area contributed by atoms with E-state index in [2.05, 4.69) is 19.4 Å². The first-order valence-corrected chi connectivity index (χ1v) is 22.3. The Morgan fingerprint density at radius 1 is 0.661 bits per heavy atom. The van der Waals surface area contributed by atoms with Crippen molar-refractivity contribution in [2.75, 3.05) is 16.1 Å². The van der Waals surface area contributed by atoms with E-state index in [9.17, 15) is 34.8 Å². The summed E-state index contributed by atoms with van der Waals surface area (Å²) >= 11 is 29.7. The number of nitrogens with zero attached hydrogens (tertiary/aromatic N) is 2. The lowest BCUT2D eigenvalue weighted by Crippen LogP contribution is -2.16. The first-order valence-electron chi connectivity index (χ1n) is 17.4. The second-order valence-electron chi connectivity index (χ2n) is 12.7. The van der Waals surface area contributed by atoms with Gasteiger partial charge in [0.15, 0.2) is 0 Å². The number of alkyl halides is 3. The number of nitrogens with one attached hydrogen (secondary N) is 2. The summed E-state index contributed by atoms with van der Waals surface area (Å²) in [4.78, 5) is 19.8. The molecule has 0 saturated heterocycles. The number of sulfonamides is 2. The number of carbonyl (C=O) groups is 1. The van der Waals surface area contributed by atoms with Gasteiger partial charge in [0, 0.05) is 40.9 Å². The van der Waals surface area contributed by atoms with Crippen LogP contribution in [0.3, 0.4) is 0 Å². The quantitative estimate of drug-likeness (QED) is 0.113. The Morgan fingerprint density at radius 2 is 1.23 bits per heavy atom. The van der Waals surface area contributed by atoms with Gasteiger partial charge in [-0.25, -0.2) is 21.6 Å². The molecule has 12 nitrogen and oxygen atoms in total. The fraction of sp³-hybridized carbons (Fsp3) is 0.125. The molecule has 0 spiro atoms. The van der Waals surface area contributed by atoms with Gasteiger partial charge in [0.25, 0.3) is 20.0 Å². The average molecular weight is 993 g/mol. The van der Waals surface area contributed by atoms with Gasteiger partial charge >= 0.3 is 12.1 Å². The Balaban J connectivity index is 0.000000235. The number of aryl methyl sites for hydroxylation is 2. The average Bonchev–Trinajstić information content (AvgIpc) is 3.15. The third-order valence-electron chi connectivity index (χ3n) is 7.92. The van der Waals surface area contributed by atoms with Crippen LogP contribution in [0, 0.1) is 13.8 Å². The fourth-order valence-corrected chi connectivity index (χ4v) is 9.59. The monoisotopic (exact) mass is 990 g/mol. The van der Waals surface area contributed by atoms with Crippen molar-refractivity contribution in [2.45, 2.75) is 36.7 Å². The second kappa shape index (κ2) is 20.0. The molecule has 0 radical (unpaired) electrons. The maximum absolute atomic E-state index is 13.6. The number of ether oxygens (including phenoxy) is 3. The number of pyridine rings is 2. The van der Waals surface area contributed by atoms with Crippen molar-refractivity contribution in [3.63, 3.8) is 0 Å². The highest BCUT2D eigenvalue weighted by molar-refractivity contribution is 7.93. The molecule has 0 unspecified atom stereocenters. The van der Waals surface area contributed by atoms with E-state index in [4.69, 9.17) is 72.2 Å². The van der Waals surface area contributed by atoms with E-state index in [-0.39, 0.29) is 59.9 Å². The molecule has 6 aromatic rings. The lowest BCUT2D eigenvalue weighted by atomic mass is 10.1. The number of benzene rings is 4. The van der Waals surface area contributed by atoms with Crippen molar-refractivity contribution < 1.29 is 49.0 Å². The number of anilines is 2. The summed E-state index contributed by atoms with van der Waals surface area (Å²) in [7, 11) is -8.30. The molecule has 22 heteroatoms. The van der Waals surface area contributed by atoms with E-state index in [1.807, 2.05) is 0 Å². The van der Waals surface area contributed by atoms with E-state index in [0.29, 0.717) is 27.4 Å². The maximum Gasteiger partial charge on any atom is 0.420 e. The molecule has 6 rings (SSSR count). The van der Waals surface area contributed by atoms with Crippen LogP contribution in [0.2, 0.25) is 25.1 Å². The number of esters is 1. The lowest BCUT2D eigenvalue weighted by molar-refractivity contribution is -0.138. The Kier molecular flexibility index (Phi) is 15.5. The van der Waals surface area contributed by atoms with E-state index < -0.39 is 43.5 Å². The Bertz CT molecular complexity index is 2850. The van der Waals surface area contributed by atoms with Gasteiger partial charge in [-0.1, -0.05) is 64.1 Å². The molecule has 0 atom stereocenters. The Hall–Kier alpha value is -5.01. The first-order chi connectivity index (χ1) is 29.1. The van der Waals surface area contributed by atoms with E-state index in [1.54, 1.807) is 20.8 Å². The van der Waals surface area contributed by atoms with E-state index in [1.165, 1.54) is 85.5 Å². The third-order valence-corrected chi connectivity index (χ3v) is 12.4. The minimum absolute atomic E-state index is 0.00551. The summed E-state index contributed by atoms with van der Waals surface area (Å²) < 4.78 is 112. The van der Waals surface area contributed by atoms with Crippen LogP contribution >= 0.6 is 58.0 Å². The molecule has 0 fully saturated rings. The zero-order chi connectivity index (χ0) is 45.6. The summed E-state index contributed by atoms with van der Waals surface area (Å²) in [5.41, 5.74) is -0.279. The molecule has 0 amide bonds. The van der Waals surface area contributed by atoms with Gasteiger partial charge < -0.3 is 14.2 Å². The second-order valence-corrected chi connectivity index (χ2v) is 18.1. The first kappa shape index (κ1) is 48.0. The summed E-state index contributed by atoms with van der Waals surface area (Å²) in [5.74, 6) is -0.814. The number of rotatable bonds is 12. The molecule has 0 saturated carbocycles. The van der Waals surface area contributed by atoms with Gasteiger partial charge in [-0.3, -0.25) is 19.4 Å². The topological polar surface area (TPSA) is 163 Å². The largest absolute Gasteiger partial charge is 0.462 e. The molecule has 2 heterocycles. The number of hydrogen-bond acceptors (Lipinski definition) is 10. The molecular formula is C40H30Cl5F3N4O8S2. The standard InChI is InChI=1S/C21H17Cl3N2O5S.C19H13Cl2F3N2O3S/c1-3-30-21(27)17-9-15(4-5-19(17)31-16-7-14(23)10-25-11-16)26-32(28,29)20-12(2)6-13(22)8-18(20)24;1-11-2-5-18(16(21)6-11)30(27,28)26-13-3-4-17(15(8-13)19(22,23)24)29-14-7-12(20)9-25-10-14/h4-11,26H,3H2,1-2H3;2-10,26H,1H3. The molecule has 62 heavy (non-hydrogen) atoms. The van der Waals surface area contributed by atoms with Crippen LogP contribution in [-0.4, -0.2) is 39.4 Å². The molecule has 0 aliphatic carbocycles. The van der Waals surface area contributed by atoms with Gasteiger partial charge in [-0.15, -0.1) is 0 Å². The maximum atomic E-state index is 13.6.